The number of benzene rings is 1. The van der Waals surface area contributed by atoms with Crippen LogP contribution in [0.15, 0.2) is 12.1 Å². The van der Waals surface area contributed by atoms with Gasteiger partial charge >= 0.3 is 5.97 Å². The maximum absolute atomic E-state index is 11.2. The van der Waals surface area contributed by atoms with Crippen LogP contribution in [0.4, 0.5) is 0 Å². The monoisotopic (exact) mass is 306 g/mol. The smallest absolute Gasteiger partial charge is 0.309 e. The predicted molar refractivity (Wildman–Crippen MR) is 66.4 cm³/mol. The molecule has 88 valence electrons. The summed E-state index contributed by atoms with van der Waals surface area (Å²) in [6, 6.07) is 3.54. The van der Waals surface area contributed by atoms with E-state index in [1.165, 1.54) is 14.2 Å². The van der Waals surface area contributed by atoms with Crippen molar-refractivity contribution in [1.29, 1.82) is 0 Å². The van der Waals surface area contributed by atoms with E-state index in [0.717, 1.165) is 11.1 Å². The summed E-state index contributed by atoms with van der Waals surface area (Å²) in [6.45, 7) is 0. The van der Waals surface area contributed by atoms with E-state index in [0.29, 0.717) is 16.1 Å². The van der Waals surface area contributed by atoms with Crippen molar-refractivity contribution in [2.45, 2.75) is 11.8 Å². The minimum Gasteiger partial charge on any atom is -0.495 e. The van der Waals surface area contributed by atoms with Crippen molar-refractivity contribution in [2.75, 3.05) is 14.2 Å². The summed E-state index contributed by atoms with van der Waals surface area (Å²) in [7, 11) is 2.90. The van der Waals surface area contributed by atoms with E-state index in [1.807, 2.05) is 0 Å². The summed E-state index contributed by atoms with van der Waals surface area (Å²) in [6.07, 6.45) is 0.213. The maximum atomic E-state index is 11.2. The average molecular weight is 308 g/mol. The van der Waals surface area contributed by atoms with Gasteiger partial charge < -0.3 is 9.47 Å². The molecule has 0 N–H and O–H groups in total. The third-order valence-electron chi connectivity index (χ3n) is 2.18. The number of hydrogen-bond donors (Lipinski definition) is 0. The van der Waals surface area contributed by atoms with E-state index in [1.54, 1.807) is 12.1 Å². The van der Waals surface area contributed by atoms with Gasteiger partial charge in [0.15, 0.2) is 0 Å². The van der Waals surface area contributed by atoms with E-state index in [-0.39, 0.29) is 12.4 Å². The third-order valence-corrected chi connectivity index (χ3v) is 3.08. The SMILES string of the molecule is COC(=O)Cc1cc(OC)c(Cl)cc1CBr. The lowest BCUT2D eigenvalue weighted by molar-refractivity contribution is -0.139. The normalized spacial score (nSPS) is 10.0. The lowest BCUT2D eigenvalue weighted by Crippen LogP contribution is -2.06. The van der Waals surface area contributed by atoms with Crippen LogP contribution in [0.1, 0.15) is 11.1 Å². The number of methoxy groups -OCH3 is 2. The molecular formula is C11H12BrClO3. The number of rotatable bonds is 4. The molecule has 0 bridgehead atoms. The summed E-state index contributed by atoms with van der Waals surface area (Å²) >= 11 is 9.34. The number of hydrogen-bond acceptors (Lipinski definition) is 3. The Bertz CT molecular complexity index is 393. The van der Waals surface area contributed by atoms with Gasteiger partial charge in [-0.3, -0.25) is 4.79 Å². The second kappa shape index (κ2) is 6.11. The van der Waals surface area contributed by atoms with Crippen molar-refractivity contribution < 1.29 is 14.3 Å². The van der Waals surface area contributed by atoms with Crippen LogP contribution in [0.2, 0.25) is 5.02 Å². The molecule has 0 aliphatic carbocycles. The second-order valence-electron chi connectivity index (χ2n) is 3.14. The van der Waals surface area contributed by atoms with Crippen molar-refractivity contribution in [3.63, 3.8) is 0 Å². The molecule has 0 aliphatic rings. The minimum absolute atomic E-state index is 0.213. The molecule has 1 rings (SSSR count). The first kappa shape index (κ1) is 13.3. The Hall–Kier alpha value is -0.740. The topological polar surface area (TPSA) is 35.5 Å². The molecule has 0 heterocycles. The fourth-order valence-electron chi connectivity index (χ4n) is 1.31. The van der Waals surface area contributed by atoms with Gasteiger partial charge in [0.25, 0.3) is 0 Å². The van der Waals surface area contributed by atoms with Gasteiger partial charge in [-0.25, -0.2) is 0 Å². The molecule has 0 amide bonds. The average Bonchev–Trinajstić information content (AvgIpc) is 2.30. The Balaban J connectivity index is 3.09. The molecule has 0 saturated heterocycles. The number of carbonyl (C=O) groups is 1. The zero-order chi connectivity index (χ0) is 12.1. The van der Waals surface area contributed by atoms with E-state index in [9.17, 15) is 4.79 Å². The third kappa shape index (κ3) is 3.12. The zero-order valence-electron chi connectivity index (χ0n) is 9.05. The van der Waals surface area contributed by atoms with Crippen LogP contribution in [0.5, 0.6) is 5.75 Å². The number of ether oxygens (including phenoxy) is 2. The maximum Gasteiger partial charge on any atom is 0.309 e. The van der Waals surface area contributed by atoms with Crippen molar-refractivity contribution in [2.24, 2.45) is 0 Å². The Morgan fingerprint density at radius 1 is 1.38 bits per heavy atom. The highest BCUT2D eigenvalue weighted by Gasteiger charge is 2.12. The van der Waals surface area contributed by atoms with Gasteiger partial charge in [0.05, 0.1) is 25.7 Å². The van der Waals surface area contributed by atoms with Crippen LogP contribution in [0.3, 0.4) is 0 Å². The molecule has 1 aromatic carbocycles. The molecule has 0 aliphatic heterocycles. The first-order chi connectivity index (χ1) is 7.62. The molecule has 0 unspecified atom stereocenters. The Labute approximate surface area is 108 Å². The Morgan fingerprint density at radius 2 is 2.06 bits per heavy atom. The molecule has 0 spiro atoms. The van der Waals surface area contributed by atoms with Crippen LogP contribution in [0.25, 0.3) is 0 Å². The van der Waals surface area contributed by atoms with E-state index < -0.39 is 0 Å². The summed E-state index contributed by atoms with van der Waals surface area (Å²) in [5.74, 6) is 0.275. The zero-order valence-corrected chi connectivity index (χ0v) is 11.4. The highest BCUT2D eigenvalue weighted by atomic mass is 79.9. The van der Waals surface area contributed by atoms with Crippen molar-refractivity contribution in [3.8, 4) is 5.75 Å². The molecule has 1 aromatic rings. The fraction of sp³-hybridized carbons (Fsp3) is 0.364. The molecule has 3 nitrogen and oxygen atoms in total. The lowest BCUT2D eigenvalue weighted by atomic mass is 10.1. The molecule has 0 saturated carbocycles. The predicted octanol–water partition coefficient (Wildman–Crippen LogP) is 2.96. The second-order valence-corrected chi connectivity index (χ2v) is 4.11. The Kier molecular flexibility index (Phi) is 5.09. The van der Waals surface area contributed by atoms with Gasteiger partial charge in [0.1, 0.15) is 5.75 Å². The van der Waals surface area contributed by atoms with E-state index in [2.05, 4.69) is 20.7 Å². The van der Waals surface area contributed by atoms with Gasteiger partial charge in [-0.05, 0) is 23.3 Å². The van der Waals surface area contributed by atoms with Crippen molar-refractivity contribution in [3.05, 3.63) is 28.3 Å². The van der Waals surface area contributed by atoms with Crippen molar-refractivity contribution in [1.82, 2.24) is 0 Å². The Morgan fingerprint density at radius 3 is 2.56 bits per heavy atom. The summed E-state index contributed by atoms with van der Waals surface area (Å²) in [5, 5.41) is 1.16. The fourth-order valence-corrected chi connectivity index (χ4v) is 2.10. The molecule has 0 aromatic heterocycles. The summed E-state index contributed by atoms with van der Waals surface area (Å²) in [4.78, 5) is 11.2. The number of alkyl halides is 1. The molecule has 16 heavy (non-hydrogen) atoms. The molecule has 5 heteroatoms. The highest BCUT2D eigenvalue weighted by molar-refractivity contribution is 9.08. The number of halogens is 2. The van der Waals surface area contributed by atoms with Crippen LogP contribution >= 0.6 is 27.5 Å². The van der Waals surface area contributed by atoms with Gasteiger partial charge in [-0.1, -0.05) is 27.5 Å². The quantitative estimate of drug-likeness (QED) is 0.634. The molecule has 0 atom stereocenters. The first-order valence-corrected chi connectivity index (χ1v) is 6.10. The number of esters is 1. The molecule has 0 fully saturated rings. The van der Waals surface area contributed by atoms with Gasteiger partial charge in [-0.2, -0.15) is 0 Å². The largest absolute Gasteiger partial charge is 0.495 e. The van der Waals surface area contributed by atoms with E-state index in [4.69, 9.17) is 16.3 Å². The molecule has 0 radical (unpaired) electrons. The van der Waals surface area contributed by atoms with E-state index >= 15 is 0 Å². The van der Waals surface area contributed by atoms with Crippen LogP contribution < -0.4 is 4.74 Å². The number of carbonyl (C=O) groups excluding carboxylic acids is 1. The van der Waals surface area contributed by atoms with Gasteiger partial charge in [0.2, 0.25) is 0 Å². The summed E-state index contributed by atoms with van der Waals surface area (Å²) in [5.41, 5.74) is 1.81. The van der Waals surface area contributed by atoms with Crippen LogP contribution in [-0.2, 0) is 21.3 Å². The summed E-state index contributed by atoms with van der Waals surface area (Å²) < 4.78 is 9.73. The van der Waals surface area contributed by atoms with Gasteiger partial charge in [-0.15, -0.1) is 0 Å². The highest BCUT2D eigenvalue weighted by Crippen LogP contribution is 2.29. The van der Waals surface area contributed by atoms with Crippen LogP contribution in [0, 0.1) is 0 Å². The molecular weight excluding hydrogens is 295 g/mol. The first-order valence-electron chi connectivity index (χ1n) is 4.60. The lowest BCUT2D eigenvalue weighted by Gasteiger charge is -2.10. The van der Waals surface area contributed by atoms with Gasteiger partial charge in [0, 0.05) is 5.33 Å². The minimum atomic E-state index is -0.286. The standard InChI is InChI=1S/C11H12BrClO3/c1-15-10-4-7(5-11(14)16-2)8(6-12)3-9(10)13/h3-4H,5-6H2,1-2H3. The van der Waals surface area contributed by atoms with Crippen LogP contribution in [-0.4, -0.2) is 20.2 Å². The van der Waals surface area contributed by atoms with Crippen molar-refractivity contribution >= 4 is 33.5 Å².